The fourth-order valence-electron chi connectivity index (χ4n) is 1.58. The van der Waals surface area contributed by atoms with Crippen LogP contribution < -0.4 is 16.0 Å². The molecule has 0 atom stereocenters. The highest BCUT2D eigenvalue weighted by Gasteiger charge is 2.04. The minimum atomic E-state index is 0.304. The van der Waals surface area contributed by atoms with E-state index in [0.29, 0.717) is 5.11 Å². The summed E-state index contributed by atoms with van der Waals surface area (Å²) in [6.07, 6.45) is 1.13. The van der Waals surface area contributed by atoms with Crippen molar-refractivity contribution in [2.24, 2.45) is 5.73 Å². The molecule has 0 aliphatic carbocycles. The first-order valence-corrected chi connectivity index (χ1v) is 5.83. The molecule has 0 aromatic heterocycles. The van der Waals surface area contributed by atoms with E-state index < -0.39 is 0 Å². The summed E-state index contributed by atoms with van der Waals surface area (Å²) >= 11 is 4.85. The molecule has 0 bridgehead atoms. The Labute approximate surface area is 103 Å². The third kappa shape index (κ3) is 3.38. The number of anilines is 2. The summed E-state index contributed by atoms with van der Waals surface area (Å²) in [4.78, 5) is 2.21. The van der Waals surface area contributed by atoms with E-state index in [9.17, 15) is 0 Å². The van der Waals surface area contributed by atoms with Crippen molar-refractivity contribution in [2.75, 3.05) is 23.8 Å². The minimum absolute atomic E-state index is 0.304. The number of aryl methyl sites for hydroxylation is 1. The molecule has 0 aliphatic heterocycles. The maximum atomic E-state index is 5.48. The van der Waals surface area contributed by atoms with E-state index in [1.54, 1.807) is 0 Å². The van der Waals surface area contributed by atoms with Crippen molar-refractivity contribution < 1.29 is 0 Å². The zero-order valence-electron chi connectivity index (χ0n) is 10.1. The van der Waals surface area contributed by atoms with Crippen LogP contribution in [-0.4, -0.2) is 18.7 Å². The highest BCUT2D eigenvalue weighted by molar-refractivity contribution is 7.80. The van der Waals surface area contributed by atoms with Gasteiger partial charge in [-0.3, -0.25) is 0 Å². The fourth-order valence-corrected chi connectivity index (χ4v) is 1.69. The molecule has 0 heterocycles. The Morgan fingerprint density at radius 2 is 2.19 bits per heavy atom. The number of benzene rings is 1. The lowest BCUT2D eigenvalue weighted by atomic mass is 10.1. The van der Waals surface area contributed by atoms with Gasteiger partial charge in [-0.2, -0.15) is 0 Å². The maximum absolute atomic E-state index is 5.48. The zero-order chi connectivity index (χ0) is 12.1. The first-order valence-electron chi connectivity index (χ1n) is 5.42. The Morgan fingerprint density at radius 1 is 1.50 bits per heavy atom. The number of rotatable bonds is 4. The van der Waals surface area contributed by atoms with Gasteiger partial charge in [0.25, 0.3) is 0 Å². The van der Waals surface area contributed by atoms with Crippen LogP contribution in [0.2, 0.25) is 0 Å². The predicted molar refractivity (Wildman–Crippen MR) is 75.1 cm³/mol. The quantitative estimate of drug-likeness (QED) is 0.790. The Balaban J connectivity index is 2.92. The van der Waals surface area contributed by atoms with Gasteiger partial charge in [-0.05, 0) is 43.3 Å². The molecule has 4 heteroatoms. The van der Waals surface area contributed by atoms with Crippen LogP contribution in [0, 0.1) is 6.92 Å². The lowest BCUT2D eigenvalue weighted by Gasteiger charge is -2.20. The first-order chi connectivity index (χ1) is 7.54. The summed E-state index contributed by atoms with van der Waals surface area (Å²) in [5, 5.41) is 3.30. The molecule has 0 aliphatic rings. The lowest BCUT2D eigenvalue weighted by molar-refractivity contribution is 0.852. The molecule has 0 saturated heterocycles. The van der Waals surface area contributed by atoms with Crippen molar-refractivity contribution in [3.05, 3.63) is 23.8 Å². The molecule has 16 heavy (non-hydrogen) atoms. The second-order valence-electron chi connectivity index (χ2n) is 3.91. The van der Waals surface area contributed by atoms with Gasteiger partial charge >= 0.3 is 0 Å². The summed E-state index contributed by atoms with van der Waals surface area (Å²) < 4.78 is 0. The van der Waals surface area contributed by atoms with Crippen LogP contribution in [0.25, 0.3) is 0 Å². The standard InChI is InChI=1S/C12H19N3S/c1-4-7-15(3)10-6-5-9(2)11(8-10)14-12(13)16/h5-6,8H,4,7H2,1-3H3,(H3,13,14,16). The summed E-state index contributed by atoms with van der Waals surface area (Å²) in [6.45, 7) is 5.23. The van der Waals surface area contributed by atoms with Gasteiger partial charge in [0.05, 0.1) is 0 Å². The fraction of sp³-hybridized carbons (Fsp3) is 0.417. The summed E-state index contributed by atoms with van der Waals surface area (Å²) in [7, 11) is 2.08. The van der Waals surface area contributed by atoms with Gasteiger partial charge in [-0.1, -0.05) is 13.0 Å². The van der Waals surface area contributed by atoms with Crippen LogP contribution in [0.1, 0.15) is 18.9 Å². The van der Waals surface area contributed by atoms with Crippen molar-refractivity contribution in [2.45, 2.75) is 20.3 Å². The number of nitrogens with one attached hydrogen (secondary N) is 1. The van der Waals surface area contributed by atoms with Crippen LogP contribution in [0.4, 0.5) is 11.4 Å². The maximum Gasteiger partial charge on any atom is 0.168 e. The van der Waals surface area contributed by atoms with Crippen LogP contribution in [0.3, 0.4) is 0 Å². The molecule has 1 aromatic carbocycles. The Kier molecular flexibility index (Phi) is 4.55. The van der Waals surface area contributed by atoms with Crippen molar-refractivity contribution >= 4 is 28.7 Å². The third-order valence-corrected chi connectivity index (χ3v) is 2.58. The van der Waals surface area contributed by atoms with E-state index in [-0.39, 0.29) is 0 Å². The van der Waals surface area contributed by atoms with E-state index in [0.717, 1.165) is 24.2 Å². The summed E-state index contributed by atoms with van der Waals surface area (Å²) in [6, 6.07) is 6.25. The third-order valence-electron chi connectivity index (χ3n) is 2.48. The van der Waals surface area contributed by atoms with Gasteiger partial charge in [0.15, 0.2) is 5.11 Å². The van der Waals surface area contributed by atoms with Crippen molar-refractivity contribution in [1.82, 2.24) is 0 Å². The van der Waals surface area contributed by atoms with Crippen LogP contribution in [0.5, 0.6) is 0 Å². The smallest absolute Gasteiger partial charge is 0.168 e. The van der Waals surface area contributed by atoms with E-state index in [4.69, 9.17) is 18.0 Å². The SMILES string of the molecule is CCCN(C)c1ccc(C)c(NC(N)=S)c1. The molecular formula is C12H19N3S. The topological polar surface area (TPSA) is 41.3 Å². The van der Waals surface area contributed by atoms with Gasteiger partial charge < -0.3 is 16.0 Å². The second kappa shape index (κ2) is 5.70. The van der Waals surface area contributed by atoms with Gasteiger partial charge in [-0.25, -0.2) is 0 Å². The molecule has 88 valence electrons. The van der Waals surface area contributed by atoms with Gasteiger partial charge in [0, 0.05) is 25.0 Å². The highest BCUT2D eigenvalue weighted by Crippen LogP contribution is 2.22. The Hall–Kier alpha value is -1.29. The second-order valence-corrected chi connectivity index (χ2v) is 4.35. The van der Waals surface area contributed by atoms with Crippen molar-refractivity contribution in [3.63, 3.8) is 0 Å². The zero-order valence-corrected chi connectivity index (χ0v) is 10.9. The van der Waals surface area contributed by atoms with Crippen LogP contribution in [-0.2, 0) is 0 Å². The van der Waals surface area contributed by atoms with Gasteiger partial charge in [0.2, 0.25) is 0 Å². The number of nitrogens with two attached hydrogens (primary N) is 1. The Bertz CT molecular complexity index is 377. The molecule has 1 rings (SSSR count). The number of thiocarbonyl (C=S) groups is 1. The van der Waals surface area contributed by atoms with Gasteiger partial charge in [-0.15, -0.1) is 0 Å². The van der Waals surface area contributed by atoms with Crippen LogP contribution >= 0.6 is 12.2 Å². The van der Waals surface area contributed by atoms with Crippen LogP contribution in [0.15, 0.2) is 18.2 Å². The number of hydrogen-bond acceptors (Lipinski definition) is 2. The normalized spacial score (nSPS) is 9.94. The predicted octanol–water partition coefficient (Wildman–Crippen LogP) is 2.50. The number of hydrogen-bond donors (Lipinski definition) is 2. The van der Waals surface area contributed by atoms with E-state index in [1.807, 2.05) is 6.92 Å². The van der Waals surface area contributed by atoms with Gasteiger partial charge in [0.1, 0.15) is 0 Å². The first kappa shape index (κ1) is 12.8. The lowest BCUT2D eigenvalue weighted by Crippen LogP contribution is -2.21. The highest BCUT2D eigenvalue weighted by atomic mass is 32.1. The molecular weight excluding hydrogens is 218 g/mol. The molecule has 0 unspecified atom stereocenters. The molecule has 0 amide bonds. The molecule has 0 radical (unpaired) electrons. The molecule has 3 nitrogen and oxygen atoms in total. The average Bonchev–Trinajstić information content (AvgIpc) is 2.21. The summed E-state index contributed by atoms with van der Waals surface area (Å²) in [5.74, 6) is 0. The number of nitrogens with zero attached hydrogens (tertiary/aromatic N) is 1. The summed E-state index contributed by atoms with van der Waals surface area (Å²) in [5.41, 5.74) is 8.78. The molecule has 1 aromatic rings. The monoisotopic (exact) mass is 237 g/mol. The minimum Gasteiger partial charge on any atom is -0.376 e. The van der Waals surface area contributed by atoms with Crippen molar-refractivity contribution in [1.29, 1.82) is 0 Å². The molecule has 0 spiro atoms. The van der Waals surface area contributed by atoms with E-state index in [2.05, 4.69) is 42.4 Å². The Morgan fingerprint density at radius 3 is 2.75 bits per heavy atom. The van der Waals surface area contributed by atoms with Crippen molar-refractivity contribution in [3.8, 4) is 0 Å². The molecule has 0 fully saturated rings. The largest absolute Gasteiger partial charge is 0.376 e. The van der Waals surface area contributed by atoms with E-state index in [1.165, 1.54) is 5.69 Å². The average molecular weight is 237 g/mol. The van der Waals surface area contributed by atoms with E-state index >= 15 is 0 Å². The molecule has 3 N–H and O–H groups in total. The molecule has 0 saturated carbocycles.